The number of rotatable bonds is 3. The van der Waals surface area contributed by atoms with Gasteiger partial charge in [-0.2, -0.15) is 13.2 Å². The fraction of sp³-hybridized carbons (Fsp3) is 0.400. The van der Waals surface area contributed by atoms with E-state index in [0.717, 1.165) is 5.56 Å². The first-order valence-electron chi connectivity index (χ1n) is 6.68. The summed E-state index contributed by atoms with van der Waals surface area (Å²) in [7, 11) is 0. The molecule has 7 heteroatoms. The zero-order valence-electron chi connectivity index (χ0n) is 12.5. The van der Waals surface area contributed by atoms with Crippen molar-refractivity contribution in [1.29, 1.82) is 0 Å². The summed E-state index contributed by atoms with van der Waals surface area (Å²) >= 11 is 0. The number of carbonyl (C=O) groups excluding carboxylic acids is 1. The Labute approximate surface area is 125 Å². The summed E-state index contributed by atoms with van der Waals surface area (Å²) in [6, 6.07) is 7.26. The van der Waals surface area contributed by atoms with Crippen LogP contribution in [-0.2, 0) is 18.1 Å². The second-order valence-electron chi connectivity index (χ2n) is 6.04. The summed E-state index contributed by atoms with van der Waals surface area (Å²) in [5, 5.41) is 6.71. The molecule has 0 unspecified atom stereocenters. The maximum absolute atomic E-state index is 13.0. The van der Waals surface area contributed by atoms with E-state index in [1.165, 1.54) is 0 Å². The lowest BCUT2D eigenvalue weighted by Crippen LogP contribution is -2.17. The molecule has 0 bridgehead atoms. The van der Waals surface area contributed by atoms with Crippen molar-refractivity contribution < 1.29 is 18.0 Å². The van der Waals surface area contributed by atoms with Crippen LogP contribution in [0.15, 0.2) is 24.3 Å². The van der Waals surface area contributed by atoms with Gasteiger partial charge in [-0.25, -0.2) is 4.68 Å². The topological polar surface area (TPSA) is 47.8 Å². The monoisotopic (exact) mass is 311 g/mol. The summed E-state index contributed by atoms with van der Waals surface area (Å²) in [4.78, 5) is 10.7. The molecule has 0 atom stereocenters. The number of halogens is 3. The third-order valence-corrected chi connectivity index (χ3v) is 3.29. The third-order valence-electron chi connectivity index (χ3n) is 3.29. The number of carbonyl (C=O) groups is 1. The summed E-state index contributed by atoms with van der Waals surface area (Å²) < 4.78 is 39.7. The molecule has 2 aromatic rings. The Balaban J connectivity index is 2.32. The highest BCUT2D eigenvalue weighted by atomic mass is 19.4. The van der Waals surface area contributed by atoms with Gasteiger partial charge < -0.3 is 0 Å². The molecule has 2 rings (SSSR count). The largest absolute Gasteiger partial charge is 0.435 e. The summed E-state index contributed by atoms with van der Waals surface area (Å²) in [6.07, 6.45) is -4.61. The number of nitrogens with zero attached hydrogens (tertiary/aromatic N) is 3. The fourth-order valence-corrected chi connectivity index (χ4v) is 2.09. The molecule has 0 aliphatic rings. The smallest absolute Gasteiger partial charge is 0.296 e. The normalized spacial score (nSPS) is 12.5. The SMILES string of the molecule is CC(C)(C)c1ccc(Cn2nnc(C=O)c2C(F)(F)F)cc1. The van der Waals surface area contributed by atoms with Gasteiger partial charge in [0.05, 0.1) is 6.54 Å². The van der Waals surface area contributed by atoms with Crippen LogP contribution in [0.3, 0.4) is 0 Å². The Morgan fingerprint density at radius 1 is 1.14 bits per heavy atom. The van der Waals surface area contributed by atoms with Crippen LogP contribution in [0.1, 0.15) is 48.1 Å². The van der Waals surface area contributed by atoms with E-state index >= 15 is 0 Å². The predicted octanol–water partition coefficient (Wildman–Crippen LogP) is 3.46. The maximum atomic E-state index is 13.0. The average molecular weight is 311 g/mol. The van der Waals surface area contributed by atoms with Gasteiger partial charge in [-0.05, 0) is 16.5 Å². The number of aromatic nitrogens is 3. The first kappa shape index (κ1) is 16.2. The highest BCUT2D eigenvalue weighted by molar-refractivity contribution is 5.73. The lowest BCUT2D eigenvalue weighted by Gasteiger charge is -2.19. The van der Waals surface area contributed by atoms with Gasteiger partial charge in [0.25, 0.3) is 0 Å². The van der Waals surface area contributed by atoms with E-state index in [4.69, 9.17) is 0 Å². The Morgan fingerprint density at radius 2 is 1.73 bits per heavy atom. The van der Waals surface area contributed by atoms with Crippen LogP contribution in [0.2, 0.25) is 0 Å². The number of hydrogen-bond donors (Lipinski definition) is 0. The minimum absolute atomic E-state index is 0.0341. The molecule has 0 spiro atoms. The molecule has 118 valence electrons. The van der Waals surface area contributed by atoms with Crippen LogP contribution in [0.4, 0.5) is 13.2 Å². The van der Waals surface area contributed by atoms with Crippen molar-refractivity contribution in [3.63, 3.8) is 0 Å². The van der Waals surface area contributed by atoms with E-state index < -0.39 is 17.6 Å². The third kappa shape index (κ3) is 3.35. The molecule has 0 aliphatic heterocycles. The first-order valence-corrected chi connectivity index (χ1v) is 6.68. The molecule has 1 aromatic carbocycles. The zero-order chi connectivity index (χ0) is 16.5. The second-order valence-corrected chi connectivity index (χ2v) is 6.04. The van der Waals surface area contributed by atoms with Crippen molar-refractivity contribution >= 4 is 6.29 Å². The van der Waals surface area contributed by atoms with E-state index in [2.05, 4.69) is 31.1 Å². The maximum Gasteiger partial charge on any atom is 0.435 e. The van der Waals surface area contributed by atoms with Gasteiger partial charge in [0.15, 0.2) is 17.7 Å². The molecule has 1 heterocycles. The zero-order valence-corrected chi connectivity index (χ0v) is 12.5. The number of alkyl halides is 3. The minimum atomic E-state index is -4.68. The molecule has 0 radical (unpaired) electrons. The Morgan fingerprint density at radius 3 is 2.18 bits per heavy atom. The highest BCUT2D eigenvalue weighted by Gasteiger charge is 2.39. The van der Waals surface area contributed by atoms with E-state index in [1.54, 1.807) is 12.1 Å². The molecule has 0 saturated carbocycles. The molecule has 4 nitrogen and oxygen atoms in total. The summed E-state index contributed by atoms with van der Waals surface area (Å²) in [6.45, 7) is 6.06. The van der Waals surface area contributed by atoms with E-state index in [9.17, 15) is 18.0 Å². The molecular weight excluding hydrogens is 295 g/mol. The second kappa shape index (κ2) is 5.55. The van der Waals surface area contributed by atoms with Crippen LogP contribution in [0.5, 0.6) is 0 Å². The van der Waals surface area contributed by atoms with Crippen molar-refractivity contribution in [2.45, 2.75) is 38.9 Å². The standard InChI is InChI=1S/C15H16F3N3O/c1-14(2,3)11-6-4-10(5-7-11)8-21-13(15(16,17)18)12(9-22)19-20-21/h4-7,9H,8H2,1-3H3. The Kier molecular flexibility index (Phi) is 4.08. The number of benzene rings is 1. The van der Waals surface area contributed by atoms with Gasteiger partial charge >= 0.3 is 6.18 Å². The van der Waals surface area contributed by atoms with Gasteiger partial charge in [-0.3, -0.25) is 4.79 Å². The van der Waals surface area contributed by atoms with Crippen molar-refractivity contribution in [2.75, 3.05) is 0 Å². The van der Waals surface area contributed by atoms with Crippen LogP contribution < -0.4 is 0 Å². The summed E-state index contributed by atoms with van der Waals surface area (Å²) in [5.41, 5.74) is -0.116. The molecule has 22 heavy (non-hydrogen) atoms. The van der Waals surface area contributed by atoms with Crippen molar-refractivity contribution in [3.05, 3.63) is 46.8 Å². The Bertz CT molecular complexity index is 667. The minimum Gasteiger partial charge on any atom is -0.296 e. The first-order chi connectivity index (χ1) is 10.1. The van der Waals surface area contributed by atoms with Gasteiger partial charge in [0.2, 0.25) is 0 Å². The average Bonchev–Trinajstić information content (AvgIpc) is 2.81. The number of hydrogen-bond acceptors (Lipinski definition) is 3. The van der Waals surface area contributed by atoms with Gasteiger partial charge in [0.1, 0.15) is 0 Å². The van der Waals surface area contributed by atoms with Crippen LogP contribution in [0, 0.1) is 0 Å². The molecule has 0 aliphatic carbocycles. The van der Waals surface area contributed by atoms with Gasteiger partial charge in [-0.1, -0.05) is 50.3 Å². The van der Waals surface area contributed by atoms with Crippen molar-refractivity contribution in [3.8, 4) is 0 Å². The quantitative estimate of drug-likeness (QED) is 0.816. The molecular formula is C15H16F3N3O. The van der Waals surface area contributed by atoms with Crippen LogP contribution >= 0.6 is 0 Å². The van der Waals surface area contributed by atoms with Crippen LogP contribution in [0.25, 0.3) is 0 Å². The predicted molar refractivity (Wildman–Crippen MR) is 74.7 cm³/mol. The lowest BCUT2D eigenvalue weighted by atomic mass is 9.87. The van der Waals surface area contributed by atoms with Gasteiger partial charge in [-0.15, -0.1) is 5.10 Å². The molecule has 0 fully saturated rings. The molecule has 0 saturated heterocycles. The molecule has 0 N–H and O–H groups in total. The van der Waals surface area contributed by atoms with E-state index in [-0.39, 0.29) is 18.2 Å². The lowest BCUT2D eigenvalue weighted by molar-refractivity contribution is -0.144. The summed E-state index contributed by atoms with van der Waals surface area (Å²) in [5.74, 6) is 0. The van der Waals surface area contributed by atoms with E-state index in [1.807, 2.05) is 12.1 Å². The molecule has 0 amide bonds. The number of aldehydes is 1. The van der Waals surface area contributed by atoms with Crippen LogP contribution in [-0.4, -0.2) is 21.3 Å². The van der Waals surface area contributed by atoms with Crippen molar-refractivity contribution in [2.24, 2.45) is 0 Å². The highest BCUT2D eigenvalue weighted by Crippen LogP contribution is 2.31. The van der Waals surface area contributed by atoms with E-state index in [0.29, 0.717) is 10.2 Å². The fourth-order valence-electron chi connectivity index (χ4n) is 2.09. The van der Waals surface area contributed by atoms with Crippen molar-refractivity contribution in [1.82, 2.24) is 15.0 Å². The molecule has 1 aromatic heterocycles. The van der Waals surface area contributed by atoms with Gasteiger partial charge in [0, 0.05) is 0 Å². The Hall–Kier alpha value is -2.18.